The number of carbonyl (C=O) groups excluding carboxylic acids is 3. The summed E-state index contributed by atoms with van der Waals surface area (Å²) in [6, 6.07) is 15.5. The van der Waals surface area contributed by atoms with Gasteiger partial charge in [-0.25, -0.2) is 8.78 Å². The highest BCUT2D eigenvalue weighted by Crippen LogP contribution is 2.34. The molecule has 3 aromatic carbocycles. The Hall–Kier alpha value is -4.31. The first-order valence-electron chi connectivity index (χ1n) is 11.1. The second-order valence-electron chi connectivity index (χ2n) is 8.26. The lowest BCUT2D eigenvalue weighted by molar-refractivity contribution is -0.135. The highest BCUT2D eigenvalue weighted by Gasteiger charge is 2.37. The quantitative estimate of drug-likeness (QED) is 0.420. The normalized spacial score (nSPS) is 18.5. The molecule has 4 N–H and O–H groups in total. The van der Waals surface area contributed by atoms with Crippen molar-refractivity contribution in [2.75, 3.05) is 5.32 Å². The maximum Gasteiger partial charge on any atom is 0.254 e. The van der Waals surface area contributed by atoms with Gasteiger partial charge in [-0.1, -0.05) is 42.5 Å². The van der Waals surface area contributed by atoms with E-state index in [0.717, 1.165) is 12.1 Å². The summed E-state index contributed by atoms with van der Waals surface area (Å²) in [6.45, 7) is 1.34. The van der Waals surface area contributed by atoms with E-state index in [9.17, 15) is 28.3 Å². The molecule has 0 saturated carbocycles. The number of nitrogens with one attached hydrogen (secondary N) is 3. The zero-order valence-electron chi connectivity index (χ0n) is 19.1. The third-order valence-corrected chi connectivity index (χ3v) is 5.61. The topological polar surface area (TPSA) is 117 Å². The van der Waals surface area contributed by atoms with Crippen molar-refractivity contribution in [2.45, 2.75) is 31.2 Å². The van der Waals surface area contributed by atoms with Crippen LogP contribution in [0.15, 0.2) is 72.8 Å². The summed E-state index contributed by atoms with van der Waals surface area (Å²) in [6.07, 6.45) is -2.80. The Morgan fingerprint density at radius 1 is 0.972 bits per heavy atom. The number of anilines is 1. The van der Waals surface area contributed by atoms with Crippen molar-refractivity contribution in [3.63, 3.8) is 0 Å². The summed E-state index contributed by atoms with van der Waals surface area (Å²) in [5, 5.41) is 17.8. The summed E-state index contributed by atoms with van der Waals surface area (Å²) < 4.78 is 33.0. The molecule has 1 aliphatic heterocycles. The van der Waals surface area contributed by atoms with Gasteiger partial charge in [0.25, 0.3) is 11.8 Å². The number of rotatable bonds is 6. The van der Waals surface area contributed by atoms with Crippen LogP contribution in [0.4, 0.5) is 14.5 Å². The van der Waals surface area contributed by atoms with Crippen LogP contribution in [0, 0.1) is 11.6 Å². The average Bonchev–Trinajstić information content (AvgIpc) is 2.99. The number of amides is 3. The van der Waals surface area contributed by atoms with Crippen molar-refractivity contribution >= 4 is 23.4 Å². The Balaban J connectivity index is 1.51. The van der Waals surface area contributed by atoms with E-state index in [2.05, 4.69) is 16.0 Å². The smallest absolute Gasteiger partial charge is 0.254 e. The molecule has 1 aliphatic rings. The van der Waals surface area contributed by atoms with Crippen LogP contribution >= 0.6 is 0 Å². The third kappa shape index (κ3) is 5.49. The molecule has 10 heteroatoms. The van der Waals surface area contributed by atoms with Crippen LogP contribution in [0.3, 0.4) is 0 Å². The first-order valence-corrected chi connectivity index (χ1v) is 11.1. The van der Waals surface area contributed by atoms with Crippen LogP contribution in [0.5, 0.6) is 5.75 Å². The molecule has 3 amide bonds. The van der Waals surface area contributed by atoms with Gasteiger partial charge in [0, 0.05) is 6.07 Å². The first kappa shape index (κ1) is 24.8. The molecule has 0 aromatic heterocycles. The van der Waals surface area contributed by atoms with Crippen LogP contribution in [0.1, 0.15) is 30.3 Å². The van der Waals surface area contributed by atoms with Gasteiger partial charge >= 0.3 is 0 Å². The summed E-state index contributed by atoms with van der Waals surface area (Å²) in [5.74, 6) is -3.82. The monoisotopic (exact) mass is 495 g/mol. The molecule has 0 bridgehead atoms. The number of benzene rings is 3. The molecule has 8 nitrogen and oxygen atoms in total. The predicted molar refractivity (Wildman–Crippen MR) is 126 cm³/mol. The average molecular weight is 495 g/mol. The summed E-state index contributed by atoms with van der Waals surface area (Å²) in [4.78, 5) is 38.5. The van der Waals surface area contributed by atoms with Crippen LogP contribution in [0.2, 0.25) is 0 Å². The van der Waals surface area contributed by atoms with E-state index in [1.165, 1.54) is 6.92 Å². The van der Waals surface area contributed by atoms with Crippen molar-refractivity contribution in [1.29, 1.82) is 0 Å². The SMILES string of the molecule is C[C@H](NC(=O)[C@@H](O)c1cc(F)cc(F)c1)C(=O)N[C@@H]1C(=O)Nc2ccccc2O[C@@H]1c1ccccc1. The van der Waals surface area contributed by atoms with Gasteiger partial charge in [-0.2, -0.15) is 0 Å². The van der Waals surface area contributed by atoms with E-state index >= 15 is 0 Å². The number of hydrogen-bond acceptors (Lipinski definition) is 5. The number of ether oxygens (including phenoxy) is 1. The van der Waals surface area contributed by atoms with Crippen molar-refractivity contribution in [3.8, 4) is 5.75 Å². The van der Waals surface area contributed by atoms with Crippen LogP contribution < -0.4 is 20.7 Å². The Morgan fingerprint density at radius 2 is 1.61 bits per heavy atom. The molecule has 3 aromatic rings. The fourth-order valence-corrected chi connectivity index (χ4v) is 3.79. The predicted octanol–water partition coefficient (Wildman–Crippen LogP) is 2.76. The molecule has 0 spiro atoms. The number of aliphatic hydroxyl groups excluding tert-OH is 1. The van der Waals surface area contributed by atoms with Crippen molar-refractivity contribution in [2.24, 2.45) is 0 Å². The molecule has 1 heterocycles. The minimum atomic E-state index is -1.92. The van der Waals surface area contributed by atoms with Gasteiger partial charge in [0.1, 0.15) is 29.5 Å². The van der Waals surface area contributed by atoms with Crippen LogP contribution in [-0.4, -0.2) is 34.9 Å². The Bertz CT molecular complexity index is 1270. The van der Waals surface area contributed by atoms with E-state index in [1.807, 2.05) is 0 Å². The zero-order valence-corrected chi connectivity index (χ0v) is 19.1. The van der Waals surface area contributed by atoms with Gasteiger partial charge in [0.15, 0.2) is 12.2 Å². The third-order valence-electron chi connectivity index (χ3n) is 5.61. The molecule has 36 heavy (non-hydrogen) atoms. The lowest BCUT2D eigenvalue weighted by Crippen LogP contribution is -2.54. The second kappa shape index (κ2) is 10.5. The lowest BCUT2D eigenvalue weighted by atomic mass is 10.0. The molecule has 0 fully saturated rings. The molecule has 0 unspecified atom stereocenters. The van der Waals surface area contributed by atoms with Crippen LogP contribution in [0.25, 0.3) is 0 Å². The molecular formula is C26H23F2N3O5. The number of hydrogen-bond donors (Lipinski definition) is 4. The Labute approximate surface area is 205 Å². The number of para-hydroxylation sites is 2. The van der Waals surface area contributed by atoms with Gasteiger partial charge in [-0.15, -0.1) is 0 Å². The zero-order chi connectivity index (χ0) is 25.8. The van der Waals surface area contributed by atoms with Crippen molar-refractivity contribution < 1.29 is 33.0 Å². The van der Waals surface area contributed by atoms with Crippen LogP contribution in [-0.2, 0) is 14.4 Å². The first-order chi connectivity index (χ1) is 17.2. The highest BCUT2D eigenvalue weighted by atomic mass is 19.1. The van der Waals surface area contributed by atoms with E-state index in [1.54, 1.807) is 54.6 Å². The summed E-state index contributed by atoms with van der Waals surface area (Å²) in [7, 11) is 0. The highest BCUT2D eigenvalue weighted by molar-refractivity contribution is 6.00. The number of fused-ring (bicyclic) bond motifs is 1. The molecular weight excluding hydrogens is 472 g/mol. The van der Waals surface area contributed by atoms with E-state index in [-0.39, 0.29) is 5.56 Å². The van der Waals surface area contributed by atoms with Gasteiger partial charge in [0.05, 0.1) is 5.69 Å². The minimum absolute atomic E-state index is 0.309. The molecule has 0 aliphatic carbocycles. The van der Waals surface area contributed by atoms with Crippen molar-refractivity contribution in [1.82, 2.24) is 10.6 Å². The maximum absolute atomic E-state index is 13.5. The van der Waals surface area contributed by atoms with Gasteiger partial charge in [0.2, 0.25) is 5.91 Å². The maximum atomic E-state index is 13.5. The second-order valence-corrected chi connectivity index (χ2v) is 8.26. The number of aliphatic hydroxyl groups is 1. The fourth-order valence-electron chi connectivity index (χ4n) is 3.79. The number of halogens is 2. The Kier molecular flexibility index (Phi) is 7.25. The molecule has 0 saturated heterocycles. The van der Waals surface area contributed by atoms with Gasteiger partial charge in [-0.3, -0.25) is 14.4 Å². The van der Waals surface area contributed by atoms with Gasteiger partial charge in [-0.05, 0) is 42.3 Å². The van der Waals surface area contributed by atoms with E-state index in [4.69, 9.17) is 4.74 Å². The van der Waals surface area contributed by atoms with Crippen molar-refractivity contribution in [3.05, 3.63) is 95.6 Å². The molecule has 0 radical (unpaired) electrons. The van der Waals surface area contributed by atoms with E-state index < -0.39 is 53.6 Å². The molecule has 186 valence electrons. The summed E-state index contributed by atoms with van der Waals surface area (Å²) in [5.41, 5.74) is 0.762. The standard InChI is InChI=1S/C26H23F2N3O5/c1-14(29-26(35)22(32)16-11-17(27)13-18(28)12-16)24(33)31-21-23(15-7-3-2-4-8-15)36-20-10-6-5-9-19(20)30-25(21)34/h2-14,21-23,32H,1H3,(H,29,35)(H,30,34)(H,31,33)/t14-,21-,22-,23+/m0/s1. The Morgan fingerprint density at radius 3 is 2.31 bits per heavy atom. The number of carbonyl (C=O) groups is 3. The summed E-state index contributed by atoms with van der Waals surface area (Å²) >= 11 is 0. The minimum Gasteiger partial charge on any atom is -0.481 e. The molecule has 4 atom stereocenters. The molecule has 4 rings (SSSR count). The van der Waals surface area contributed by atoms with E-state index in [0.29, 0.717) is 23.1 Å². The fraction of sp³-hybridized carbons (Fsp3) is 0.192. The van der Waals surface area contributed by atoms with Gasteiger partial charge < -0.3 is 25.8 Å². The lowest BCUT2D eigenvalue weighted by Gasteiger charge is -2.27. The largest absolute Gasteiger partial charge is 0.481 e.